The number of nitrogens with two attached hydrogens (primary N) is 2. The van der Waals surface area contributed by atoms with Crippen LogP contribution in [0.3, 0.4) is 0 Å². The number of rotatable bonds is 5. The van der Waals surface area contributed by atoms with Crippen molar-refractivity contribution in [3.05, 3.63) is 21.9 Å². The molecule has 1 aromatic rings. The number of carbonyl (C=O) groups excluding carboxylic acids is 2. The summed E-state index contributed by atoms with van der Waals surface area (Å²) in [4.78, 5) is 26.4. The lowest BCUT2D eigenvalue weighted by molar-refractivity contribution is -0.142. The van der Waals surface area contributed by atoms with Crippen LogP contribution >= 0.6 is 23.7 Å². The van der Waals surface area contributed by atoms with Crippen molar-refractivity contribution < 1.29 is 14.3 Å². The third-order valence-corrected chi connectivity index (χ3v) is 6.12. The first-order valence-electron chi connectivity index (χ1n) is 8.80. The number of ether oxygens (including phenoxy) is 1. The number of nitrogens with one attached hydrogen (secondary N) is 1. The predicted molar refractivity (Wildman–Crippen MR) is 104 cm³/mol. The Morgan fingerprint density at radius 1 is 1.38 bits per heavy atom. The standard InChI is InChI=1S/C17H26N4O3S.ClH/c18-13(2-1-7-20-16(19)23)15(22)21-8-5-17(6-9-21)12-4-11-25-14(12)3-10-24-17;/h4,11,13H,1-3,5-10,18H2,(H3,19,20,23);1H/t13-;/m0./s1. The third-order valence-electron chi connectivity index (χ3n) is 5.13. The molecule has 3 rings (SSSR count). The normalized spacial score (nSPS) is 19.3. The number of nitrogens with zero attached hydrogens (tertiary/aromatic N) is 1. The smallest absolute Gasteiger partial charge is 0.312 e. The van der Waals surface area contributed by atoms with Gasteiger partial charge < -0.3 is 26.4 Å². The van der Waals surface area contributed by atoms with E-state index in [1.807, 2.05) is 4.90 Å². The van der Waals surface area contributed by atoms with Crippen molar-refractivity contribution in [2.24, 2.45) is 11.5 Å². The van der Waals surface area contributed by atoms with E-state index >= 15 is 0 Å². The number of likely N-dealkylation sites (tertiary alicyclic amines) is 1. The molecule has 9 heteroatoms. The van der Waals surface area contributed by atoms with Gasteiger partial charge in [0.25, 0.3) is 0 Å². The number of hydrogen-bond acceptors (Lipinski definition) is 5. The van der Waals surface area contributed by atoms with Gasteiger partial charge in [-0.15, -0.1) is 23.7 Å². The van der Waals surface area contributed by atoms with Gasteiger partial charge in [0, 0.05) is 30.9 Å². The van der Waals surface area contributed by atoms with Gasteiger partial charge in [-0.25, -0.2) is 4.79 Å². The Balaban J connectivity index is 0.00000243. The number of piperidine rings is 1. The van der Waals surface area contributed by atoms with Crippen LogP contribution in [0.2, 0.25) is 0 Å². The summed E-state index contributed by atoms with van der Waals surface area (Å²) in [7, 11) is 0. The number of primary amides is 1. The zero-order chi connectivity index (χ0) is 17.9. The molecule has 1 fully saturated rings. The highest BCUT2D eigenvalue weighted by molar-refractivity contribution is 7.10. The topological polar surface area (TPSA) is 111 Å². The van der Waals surface area contributed by atoms with Crippen LogP contribution in [0.5, 0.6) is 0 Å². The molecule has 0 unspecified atom stereocenters. The van der Waals surface area contributed by atoms with Gasteiger partial charge in [0.15, 0.2) is 0 Å². The lowest BCUT2D eigenvalue weighted by atomic mass is 9.82. The van der Waals surface area contributed by atoms with Gasteiger partial charge in [0.1, 0.15) is 0 Å². The molecule has 3 amide bonds. The van der Waals surface area contributed by atoms with Crippen LogP contribution in [0.4, 0.5) is 4.79 Å². The van der Waals surface area contributed by atoms with E-state index in [0.29, 0.717) is 32.5 Å². The van der Waals surface area contributed by atoms with Crippen molar-refractivity contribution in [3.8, 4) is 0 Å². The zero-order valence-electron chi connectivity index (χ0n) is 14.7. The van der Waals surface area contributed by atoms with Crippen molar-refractivity contribution in [1.82, 2.24) is 10.2 Å². The highest BCUT2D eigenvalue weighted by atomic mass is 35.5. The van der Waals surface area contributed by atoms with E-state index in [0.717, 1.165) is 25.9 Å². The molecule has 1 spiro atoms. The molecule has 2 aliphatic heterocycles. The van der Waals surface area contributed by atoms with Gasteiger partial charge in [-0.05, 0) is 42.7 Å². The molecule has 7 nitrogen and oxygen atoms in total. The maximum atomic E-state index is 12.5. The van der Waals surface area contributed by atoms with Crippen LogP contribution in [0.15, 0.2) is 11.4 Å². The van der Waals surface area contributed by atoms with Crippen LogP contribution in [0, 0.1) is 0 Å². The molecular formula is C17H27ClN4O3S. The van der Waals surface area contributed by atoms with Gasteiger partial charge >= 0.3 is 6.03 Å². The van der Waals surface area contributed by atoms with E-state index in [1.165, 1.54) is 10.4 Å². The number of halogens is 1. The average Bonchev–Trinajstić information content (AvgIpc) is 3.09. The minimum absolute atomic E-state index is 0. The maximum absolute atomic E-state index is 12.5. The van der Waals surface area contributed by atoms with Gasteiger partial charge in [0.2, 0.25) is 5.91 Å². The molecule has 146 valence electrons. The number of amides is 3. The molecule has 0 saturated carbocycles. The fraction of sp³-hybridized carbons (Fsp3) is 0.647. The summed E-state index contributed by atoms with van der Waals surface area (Å²) in [6, 6.07) is 1.09. The Morgan fingerprint density at radius 3 is 2.81 bits per heavy atom. The summed E-state index contributed by atoms with van der Waals surface area (Å²) >= 11 is 1.80. The largest absolute Gasteiger partial charge is 0.370 e. The van der Waals surface area contributed by atoms with Crippen LogP contribution in [0.25, 0.3) is 0 Å². The molecule has 2 aliphatic rings. The second-order valence-electron chi connectivity index (χ2n) is 6.72. The predicted octanol–water partition coefficient (Wildman–Crippen LogP) is 1.34. The summed E-state index contributed by atoms with van der Waals surface area (Å²) in [6.07, 6.45) is 3.79. The highest BCUT2D eigenvalue weighted by Crippen LogP contribution is 2.43. The minimum atomic E-state index is -0.554. The minimum Gasteiger partial charge on any atom is -0.370 e. The SMILES string of the molecule is Cl.NC(=O)NCCC[C@H](N)C(=O)N1CCC2(CC1)OCCc1sccc12. The summed E-state index contributed by atoms with van der Waals surface area (Å²) in [5, 5.41) is 4.64. The van der Waals surface area contributed by atoms with Crippen molar-refractivity contribution in [3.63, 3.8) is 0 Å². The van der Waals surface area contributed by atoms with Crippen molar-refractivity contribution in [1.29, 1.82) is 0 Å². The maximum Gasteiger partial charge on any atom is 0.312 e. The molecule has 26 heavy (non-hydrogen) atoms. The molecule has 0 radical (unpaired) electrons. The van der Waals surface area contributed by atoms with Crippen molar-refractivity contribution in [2.45, 2.75) is 43.7 Å². The first kappa shape index (κ1) is 21.0. The van der Waals surface area contributed by atoms with Crippen molar-refractivity contribution in [2.75, 3.05) is 26.2 Å². The number of carbonyl (C=O) groups is 2. The Bertz CT molecular complexity index is 631. The number of urea groups is 1. The van der Waals surface area contributed by atoms with Gasteiger partial charge in [-0.2, -0.15) is 0 Å². The first-order valence-corrected chi connectivity index (χ1v) is 9.68. The lowest BCUT2D eigenvalue weighted by Gasteiger charge is -2.44. The van der Waals surface area contributed by atoms with E-state index in [-0.39, 0.29) is 23.9 Å². The third kappa shape index (κ3) is 4.49. The molecular weight excluding hydrogens is 376 g/mol. The zero-order valence-corrected chi connectivity index (χ0v) is 16.4. The monoisotopic (exact) mass is 402 g/mol. The number of hydrogen-bond donors (Lipinski definition) is 3. The molecule has 3 heterocycles. The van der Waals surface area contributed by atoms with Crippen LogP contribution in [-0.2, 0) is 21.6 Å². The molecule has 1 aromatic heterocycles. The lowest BCUT2D eigenvalue weighted by Crippen LogP contribution is -2.52. The Labute approximate surface area is 163 Å². The van der Waals surface area contributed by atoms with E-state index in [4.69, 9.17) is 16.2 Å². The Morgan fingerprint density at radius 2 is 2.12 bits per heavy atom. The summed E-state index contributed by atoms with van der Waals surface area (Å²) < 4.78 is 6.17. The molecule has 0 aliphatic carbocycles. The van der Waals surface area contributed by atoms with E-state index < -0.39 is 12.1 Å². The fourth-order valence-electron chi connectivity index (χ4n) is 3.75. The van der Waals surface area contributed by atoms with Gasteiger partial charge in [0.05, 0.1) is 18.2 Å². The van der Waals surface area contributed by atoms with Gasteiger partial charge in [-0.1, -0.05) is 0 Å². The molecule has 0 aromatic carbocycles. The quantitative estimate of drug-likeness (QED) is 0.645. The van der Waals surface area contributed by atoms with Gasteiger partial charge in [-0.3, -0.25) is 4.79 Å². The summed E-state index contributed by atoms with van der Waals surface area (Å²) in [5.41, 5.74) is 12.1. The Kier molecular flexibility index (Phi) is 7.28. The number of fused-ring (bicyclic) bond motifs is 2. The molecule has 1 saturated heterocycles. The van der Waals surface area contributed by atoms with Crippen LogP contribution in [-0.4, -0.2) is 49.1 Å². The van der Waals surface area contributed by atoms with E-state index in [9.17, 15) is 9.59 Å². The summed E-state index contributed by atoms with van der Waals surface area (Å²) in [6.45, 7) is 2.53. The average molecular weight is 403 g/mol. The van der Waals surface area contributed by atoms with E-state index in [1.54, 1.807) is 11.3 Å². The Hall–Kier alpha value is -1.35. The second-order valence-corrected chi connectivity index (χ2v) is 7.72. The van der Waals surface area contributed by atoms with E-state index in [2.05, 4.69) is 16.8 Å². The van der Waals surface area contributed by atoms with Crippen molar-refractivity contribution >= 4 is 35.7 Å². The second kappa shape index (κ2) is 9.03. The summed E-state index contributed by atoms with van der Waals surface area (Å²) in [5.74, 6) is -0.0183. The fourth-order valence-corrected chi connectivity index (χ4v) is 4.70. The highest BCUT2D eigenvalue weighted by Gasteiger charge is 2.42. The molecule has 1 atom stereocenters. The van der Waals surface area contributed by atoms with Crippen LogP contribution < -0.4 is 16.8 Å². The molecule has 5 N–H and O–H groups in total. The van der Waals surface area contributed by atoms with Crippen LogP contribution in [0.1, 0.15) is 36.1 Å². The number of thiophene rings is 1. The molecule has 0 bridgehead atoms. The first-order chi connectivity index (χ1) is 12.0.